The number of alkyl halides is 3. The molecule has 2 aliphatic rings. The zero-order valence-corrected chi connectivity index (χ0v) is 21.3. The van der Waals surface area contributed by atoms with Crippen molar-refractivity contribution in [1.29, 1.82) is 0 Å². The summed E-state index contributed by atoms with van der Waals surface area (Å²) in [6.07, 6.45) is -4.65. The van der Waals surface area contributed by atoms with Gasteiger partial charge in [0.2, 0.25) is 5.91 Å². The van der Waals surface area contributed by atoms with E-state index in [1.54, 1.807) is 9.80 Å². The molecule has 2 aliphatic heterocycles. The monoisotopic (exact) mass is 568 g/mol. The number of aromatic nitrogens is 2. The fraction of sp³-hybridized carbons (Fsp3) is 0.320. The van der Waals surface area contributed by atoms with Crippen molar-refractivity contribution in [3.8, 4) is 11.1 Å². The summed E-state index contributed by atoms with van der Waals surface area (Å²) in [7, 11) is 0. The number of anilines is 1. The van der Waals surface area contributed by atoms with Crippen LogP contribution in [0, 0.1) is 5.82 Å². The van der Waals surface area contributed by atoms with E-state index in [1.807, 2.05) is 0 Å². The molecule has 0 saturated carbocycles. The Bertz CT molecular complexity index is 1520. The first-order valence-corrected chi connectivity index (χ1v) is 13.0. The van der Waals surface area contributed by atoms with E-state index in [-0.39, 0.29) is 82.1 Å². The maximum atomic E-state index is 14.6. The number of hydrogen-bond acceptors (Lipinski definition) is 6. The lowest BCUT2D eigenvalue weighted by Gasteiger charge is -2.35. The molecule has 0 radical (unpaired) electrons. The number of carbonyl (C=O) groups is 1. The highest BCUT2D eigenvalue weighted by Gasteiger charge is 2.38. The molecule has 1 amide bonds. The van der Waals surface area contributed by atoms with Crippen LogP contribution < -0.4 is 10.6 Å². The van der Waals surface area contributed by atoms with E-state index >= 15 is 0 Å². The number of thioether (sulfide) groups is 1. The minimum Gasteiger partial charge on any atom is -0.390 e. The van der Waals surface area contributed by atoms with Gasteiger partial charge in [-0.1, -0.05) is 24.2 Å². The Morgan fingerprint density at radius 3 is 2.55 bits per heavy atom. The van der Waals surface area contributed by atoms with Gasteiger partial charge in [-0.25, -0.2) is 9.18 Å². The largest absolute Gasteiger partial charge is 0.417 e. The number of nitrogens with zero attached hydrogens (tertiary/aromatic N) is 4. The summed E-state index contributed by atoms with van der Waals surface area (Å²) in [5.41, 5.74) is -1.74. The summed E-state index contributed by atoms with van der Waals surface area (Å²) >= 11 is 6.92. The fourth-order valence-corrected chi connectivity index (χ4v) is 6.19. The summed E-state index contributed by atoms with van der Waals surface area (Å²) in [6, 6.07) is 4.26. The van der Waals surface area contributed by atoms with E-state index in [0.29, 0.717) is 0 Å². The lowest BCUT2D eigenvalue weighted by atomic mass is 9.96. The Morgan fingerprint density at radius 2 is 1.92 bits per heavy atom. The second kappa shape index (κ2) is 9.90. The van der Waals surface area contributed by atoms with Crippen LogP contribution in [0.3, 0.4) is 0 Å². The molecule has 5 rings (SSSR count). The summed E-state index contributed by atoms with van der Waals surface area (Å²) in [5.74, 6) is -0.953. The number of halogens is 5. The lowest BCUT2D eigenvalue weighted by molar-refractivity contribution is -0.137. The number of carbonyl (C=O) groups excluding carboxylic acids is 1. The van der Waals surface area contributed by atoms with Crippen molar-refractivity contribution >= 4 is 46.0 Å². The third-order valence-electron chi connectivity index (χ3n) is 6.59. The molecule has 7 nitrogen and oxygen atoms in total. The summed E-state index contributed by atoms with van der Waals surface area (Å²) < 4.78 is 58.8. The van der Waals surface area contributed by atoms with E-state index in [0.717, 1.165) is 30.0 Å². The van der Waals surface area contributed by atoms with Crippen LogP contribution in [0.1, 0.15) is 5.56 Å². The highest BCUT2D eigenvalue weighted by atomic mass is 35.5. The Balaban J connectivity index is 1.80. The summed E-state index contributed by atoms with van der Waals surface area (Å²) in [6.45, 7) is 4.35. The van der Waals surface area contributed by atoms with Gasteiger partial charge in [-0.05, 0) is 29.8 Å². The Hall–Kier alpha value is -3.09. The molecule has 3 heterocycles. The molecular weight excluding hydrogens is 548 g/mol. The van der Waals surface area contributed by atoms with Gasteiger partial charge in [-0.3, -0.25) is 9.36 Å². The standard InChI is InChI=1S/C25H21ClF4N4O3S/c1-2-19(36)32-5-7-33(8-6-32)23-15-10-16(25(28,29)30)20(13-3-4-18(27)17(26)9-13)22-21(15)34(24(37)31-23)11-14(35)12-38-22/h2-4,9-10,14,35H,1,5-8,11-12H2. The Labute approximate surface area is 223 Å². The molecule has 1 saturated heterocycles. The zero-order chi connectivity index (χ0) is 27.4. The van der Waals surface area contributed by atoms with E-state index in [1.165, 1.54) is 16.7 Å². The second-order valence-electron chi connectivity index (χ2n) is 8.96. The SMILES string of the molecule is C=CC(=O)N1CCN(c2nc(=O)n3c4c(c(-c5ccc(F)c(Cl)c5)c(C(F)(F)F)cc24)SCC(O)C3)CC1. The first-order chi connectivity index (χ1) is 18.0. The van der Waals surface area contributed by atoms with Crippen molar-refractivity contribution < 1.29 is 27.5 Å². The van der Waals surface area contributed by atoms with Crippen LogP contribution in [0.25, 0.3) is 22.0 Å². The van der Waals surface area contributed by atoms with E-state index in [4.69, 9.17) is 11.6 Å². The van der Waals surface area contributed by atoms with Crippen LogP contribution in [-0.2, 0) is 17.5 Å². The summed E-state index contributed by atoms with van der Waals surface area (Å²) in [4.78, 5) is 32.7. The quantitative estimate of drug-likeness (QED) is 0.377. The number of aliphatic hydroxyl groups excluding tert-OH is 1. The third kappa shape index (κ3) is 4.65. The third-order valence-corrected chi connectivity index (χ3v) is 8.12. The maximum absolute atomic E-state index is 14.6. The minimum absolute atomic E-state index is 0.0249. The van der Waals surface area contributed by atoms with Crippen molar-refractivity contribution in [2.45, 2.75) is 23.7 Å². The normalized spacial score (nSPS) is 18.0. The van der Waals surface area contributed by atoms with Gasteiger partial charge in [0.1, 0.15) is 11.6 Å². The smallest absolute Gasteiger partial charge is 0.390 e. The molecule has 38 heavy (non-hydrogen) atoms. The van der Waals surface area contributed by atoms with E-state index in [9.17, 15) is 32.3 Å². The predicted molar refractivity (Wildman–Crippen MR) is 137 cm³/mol. The second-order valence-corrected chi connectivity index (χ2v) is 10.4. The van der Waals surface area contributed by atoms with Crippen LogP contribution in [0.15, 0.2) is 46.6 Å². The fourth-order valence-electron chi connectivity index (χ4n) is 4.82. The molecule has 1 fully saturated rings. The van der Waals surface area contributed by atoms with Gasteiger partial charge in [0.05, 0.1) is 28.8 Å². The minimum atomic E-state index is -4.82. The zero-order valence-electron chi connectivity index (χ0n) is 19.8. The molecule has 2 aromatic carbocycles. The number of amides is 1. The average Bonchev–Trinajstić information content (AvgIpc) is 3.06. The highest BCUT2D eigenvalue weighted by molar-refractivity contribution is 7.99. The average molecular weight is 569 g/mol. The molecule has 13 heteroatoms. The topological polar surface area (TPSA) is 78.7 Å². The molecule has 0 aliphatic carbocycles. The molecule has 3 aromatic rings. The van der Waals surface area contributed by atoms with Crippen LogP contribution in [0.4, 0.5) is 23.4 Å². The number of hydrogen-bond donors (Lipinski definition) is 1. The van der Waals surface area contributed by atoms with Gasteiger partial charge in [0.25, 0.3) is 0 Å². The van der Waals surface area contributed by atoms with Crippen molar-refractivity contribution in [2.75, 3.05) is 36.8 Å². The van der Waals surface area contributed by atoms with Gasteiger partial charge in [-0.15, -0.1) is 11.8 Å². The molecule has 1 unspecified atom stereocenters. The first-order valence-electron chi connectivity index (χ1n) is 11.6. The lowest BCUT2D eigenvalue weighted by Crippen LogP contribution is -2.49. The van der Waals surface area contributed by atoms with E-state index in [2.05, 4.69) is 11.6 Å². The Morgan fingerprint density at radius 1 is 1.21 bits per heavy atom. The first kappa shape index (κ1) is 26.5. The molecule has 1 aromatic heterocycles. The van der Waals surface area contributed by atoms with Crippen LogP contribution in [0.5, 0.6) is 0 Å². The van der Waals surface area contributed by atoms with E-state index < -0.39 is 29.4 Å². The van der Waals surface area contributed by atoms with Gasteiger partial charge in [0, 0.05) is 47.8 Å². The van der Waals surface area contributed by atoms with Crippen molar-refractivity contribution in [1.82, 2.24) is 14.5 Å². The van der Waals surface area contributed by atoms with Gasteiger partial charge in [-0.2, -0.15) is 18.2 Å². The predicted octanol–water partition coefficient (Wildman–Crippen LogP) is 4.18. The molecule has 1 N–H and O–H groups in total. The molecule has 0 spiro atoms. The molecular formula is C25H21ClF4N4O3S. The molecule has 200 valence electrons. The van der Waals surface area contributed by atoms with Crippen molar-refractivity contribution in [2.24, 2.45) is 0 Å². The number of aliphatic hydroxyl groups is 1. The van der Waals surface area contributed by atoms with Crippen molar-refractivity contribution in [3.05, 3.63) is 63.8 Å². The van der Waals surface area contributed by atoms with Gasteiger partial charge in [0.15, 0.2) is 0 Å². The maximum Gasteiger partial charge on any atom is 0.417 e. The number of rotatable bonds is 3. The van der Waals surface area contributed by atoms with Crippen LogP contribution in [-0.4, -0.2) is 63.5 Å². The van der Waals surface area contributed by atoms with Crippen LogP contribution >= 0.6 is 23.4 Å². The van der Waals surface area contributed by atoms with Crippen molar-refractivity contribution in [3.63, 3.8) is 0 Å². The molecule has 1 atom stereocenters. The summed E-state index contributed by atoms with van der Waals surface area (Å²) in [5, 5.41) is 10.2. The van der Waals surface area contributed by atoms with Crippen LogP contribution in [0.2, 0.25) is 5.02 Å². The Kier molecular flexibility index (Phi) is 6.91. The number of benzene rings is 2. The molecule has 0 bridgehead atoms. The van der Waals surface area contributed by atoms with Gasteiger partial charge < -0.3 is 14.9 Å². The van der Waals surface area contributed by atoms with Gasteiger partial charge >= 0.3 is 11.9 Å². The number of piperazine rings is 1. The highest BCUT2D eigenvalue weighted by Crippen LogP contribution is 2.48.